The number of nitrogens with zero attached hydrogens (tertiary/aromatic N) is 3. The summed E-state index contributed by atoms with van der Waals surface area (Å²) in [6, 6.07) is -0.468. The zero-order valence-electron chi connectivity index (χ0n) is 13.0. The highest BCUT2D eigenvalue weighted by Gasteiger charge is 2.27. The van der Waals surface area contributed by atoms with Gasteiger partial charge in [0.2, 0.25) is 11.8 Å². The number of likely N-dealkylation sites (tertiary alicyclic amines) is 1. The van der Waals surface area contributed by atoms with Gasteiger partial charge in [-0.05, 0) is 12.8 Å². The molecule has 3 amide bonds. The van der Waals surface area contributed by atoms with E-state index in [1.54, 1.807) is 0 Å². The van der Waals surface area contributed by atoms with Crippen LogP contribution in [0, 0.1) is 5.92 Å². The highest BCUT2D eigenvalue weighted by atomic mass is 16.5. The smallest absolute Gasteiger partial charge is 0.314 e. The molecule has 1 aromatic heterocycles. The van der Waals surface area contributed by atoms with E-state index in [2.05, 4.69) is 15.5 Å². The standard InChI is InChI=1S/C14H23N5O3/c1-9(2)12-17-11(22-18-12)5-6-16-13(20)10-4-3-7-19(8-10)14(15)21/h9-10H,3-8H2,1-2H3,(H2,15,21)(H,16,20). The predicted octanol–water partition coefficient (Wildman–Crippen LogP) is 0.642. The van der Waals surface area contributed by atoms with Crippen LogP contribution in [0.3, 0.4) is 0 Å². The summed E-state index contributed by atoms with van der Waals surface area (Å²) in [6.07, 6.45) is 2.06. The number of carbonyl (C=O) groups excluding carboxylic acids is 2. The fourth-order valence-electron chi connectivity index (χ4n) is 2.43. The Bertz CT molecular complexity index is 528. The minimum Gasteiger partial charge on any atom is -0.355 e. The molecule has 2 rings (SSSR count). The number of hydrogen-bond donors (Lipinski definition) is 2. The van der Waals surface area contributed by atoms with Crippen molar-refractivity contribution in [3.05, 3.63) is 11.7 Å². The Labute approximate surface area is 129 Å². The van der Waals surface area contributed by atoms with Gasteiger partial charge in [-0.2, -0.15) is 4.98 Å². The lowest BCUT2D eigenvalue weighted by atomic mass is 9.97. The number of primary amides is 1. The Morgan fingerprint density at radius 2 is 2.27 bits per heavy atom. The third kappa shape index (κ3) is 4.19. The van der Waals surface area contributed by atoms with Crippen LogP contribution in [0.25, 0.3) is 0 Å². The Morgan fingerprint density at radius 3 is 2.91 bits per heavy atom. The number of urea groups is 1. The minimum absolute atomic E-state index is 0.0606. The average molecular weight is 309 g/mol. The second-order valence-corrected chi connectivity index (χ2v) is 5.87. The fraction of sp³-hybridized carbons (Fsp3) is 0.714. The predicted molar refractivity (Wildman–Crippen MR) is 79.0 cm³/mol. The van der Waals surface area contributed by atoms with E-state index in [0.29, 0.717) is 37.8 Å². The maximum atomic E-state index is 12.1. The maximum absolute atomic E-state index is 12.1. The maximum Gasteiger partial charge on any atom is 0.314 e. The van der Waals surface area contributed by atoms with Crippen molar-refractivity contribution in [1.29, 1.82) is 0 Å². The number of aromatic nitrogens is 2. The topological polar surface area (TPSA) is 114 Å². The average Bonchev–Trinajstić information content (AvgIpc) is 2.96. The number of nitrogens with one attached hydrogen (secondary N) is 1. The molecule has 0 bridgehead atoms. The molecule has 1 aliphatic rings. The molecule has 0 aliphatic carbocycles. The van der Waals surface area contributed by atoms with Crippen LogP contribution in [0.2, 0.25) is 0 Å². The first-order chi connectivity index (χ1) is 10.5. The summed E-state index contributed by atoms with van der Waals surface area (Å²) in [7, 11) is 0. The number of carbonyl (C=O) groups is 2. The monoisotopic (exact) mass is 309 g/mol. The van der Waals surface area contributed by atoms with E-state index < -0.39 is 6.03 Å². The summed E-state index contributed by atoms with van der Waals surface area (Å²) >= 11 is 0. The minimum atomic E-state index is -0.468. The third-order valence-electron chi connectivity index (χ3n) is 3.74. The highest BCUT2D eigenvalue weighted by Crippen LogP contribution is 2.16. The van der Waals surface area contributed by atoms with Crippen LogP contribution in [0.15, 0.2) is 4.52 Å². The van der Waals surface area contributed by atoms with E-state index in [0.717, 1.165) is 12.8 Å². The van der Waals surface area contributed by atoms with E-state index in [1.807, 2.05) is 13.8 Å². The van der Waals surface area contributed by atoms with Crippen LogP contribution in [0.5, 0.6) is 0 Å². The zero-order valence-corrected chi connectivity index (χ0v) is 13.0. The number of piperidine rings is 1. The lowest BCUT2D eigenvalue weighted by molar-refractivity contribution is -0.126. The van der Waals surface area contributed by atoms with Crippen molar-refractivity contribution >= 4 is 11.9 Å². The SMILES string of the molecule is CC(C)c1noc(CCNC(=O)C2CCCN(C(N)=O)C2)n1. The van der Waals surface area contributed by atoms with Crippen LogP contribution < -0.4 is 11.1 Å². The molecule has 8 heteroatoms. The zero-order chi connectivity index (χ0) is 16.1. The molecule has 0 aromatic carbocycles. The first kappa shape index (κ1) is 16.3. The van der Waals surface area contributed by atoms with E-state index in [4.69, 9.17) is 10.3 Å². The van der Waals surface area contributed by atoms with E-state index >= 15 is 0 Å². The molecule has 1 unspecified atom stereocenters. The fourth-order valence-corrected chi connectivity index (χ4v) is 2.43. The van der Waals surface area contributed by atoms with Crippen molar-refractivity contribution < 1.29 is 14.1 Å². The quantitative estimate of drug-likeness (QED) is 0.828. The van der Waals surface area contributed by atoms with Gasteiger partial charge in [0.1, 0.15) is 0 Å². The molecule has 1 aromatic rings. The Balaban J connectivity index is 1.76. The largest absolute Gasteiger partial charge is 0.355 e. The lowest BCUT2D eigenvalue weighted by Crippen LogP contribution is -2.47. The molecule has 22 heavy (non-hydrogen) atoms. The Morgan fingerprint density at radius 1 is 1.50 bits per heavy atom. The van der Waals surface area contributed by atoms with Crippen molar-refractivity contribution in [3.8, 4) is 0 Å². The molecule has 0 spiro atoms. The molecule has 2 heterocycles. The molecule has 8 nitrogen and oxygen atoms in total. The number of amides is 3. The molecule has 1 atom stereocenters. The van der Waals surface area contributed by atoms with Crippen LogP contribution in [-0.2, 0) is 11.2 Å². The van der Waals surface area contributed by atoms with Crippen molar-refractivity contribution in [3.63, 3.8) is 0 Å². The van der Waals surface area contributed by atoms with E-state index in [9.17, 15) is 9.59 Å². The van der Waals surface area contributed by atoms with Gasteiger partial charge >= 0.3 is 6.03 Å². The highest BCUT2D eigenvalue weighted by molar-refractivity contribution is 5.80. The van der Waals surface area contributed by atoms with E-state index in [1.165, 1.54) is 4.90 Å². The van der Waals surface area contributed by atoms with Crippen molar-refractivity contribution in [2.45, 2.75) is 39.0 Å². The van der Waals surface area contributed by atoms with Gasteiger partial charge in [-0.15, -0.1) is 0 Å². The van der Waals surface area contributed by atoms with Crippen molar-refractivity contribution in [2.75, 3.05) is 19.6 Å². The molecule has 0 radical (unpaired) electrons. The van der Waals surface area contributed by atoms with Gasteiger partial charge in [0, 0.05) is 32.0 Å². The van der Waals surface area contributed by atoms with Gasteiger partial charge in [0.15, 0.2) is 5.82 Å². The molecular weight excluding hydrogens is 286 g/mol. The van der Waals surface area contributed by atoms with Crippen LogP contribution in [0.4, 0.5) is 4.79 Å². The van der Waals surface area contributed by atoms with Gasteiger partial charge in [0.25, 0.3) is 0 Å². The summed E-state index contributed by atoms with van der Waals surface area (Å²) in [6.45, 7) is 5.43. The third-order valence-corrected chi connectivity index (χ3v) is 3.74. The molecule has 122 valence electrons. The van der Waals surface area contributed by atoms with Gasteiger partial charge in [0.05, 0.1) is 5.92 Å². The number of rotatable bonds is 5. The first-order valence-corrected chi connectivity index (χ1v) is 7.62. The molecular formula is C14H23N5O3. The van der Waals surface area contributed by atoms with Crippen LogP contribution >= 0.6 is 0 Å². The van der Waals surface area contributed by atoms with E-state index in [-0.39, 0.29) is 17.7 Å². The number of nitrogens with two attached hydrogens (primary N) is 1. The molecule has 0 saturated carbocycles. The lowest BCUT2D eigenvalue weighted by Gasteiger charge is -2.30. The normalized spacial score (nSPS) is 18.5. The van der Waals surface area contributed by atoms with Gasteiger partial charge < -0.3 is 20.5 Å². The van der Waals surface area contributed by atoms with Crippen LogP contribution in [0.1, 0.15) is 44.3 Å². The van der Waals surface area contributed by atoms with Crippen molar-refractivity contribution in [1.82, 2.24) is 20.4 Å². The molecule has 1 aliphatic heterocycles. The summed E-state index contributed by atoms with van der Waals surface area (Å²) in [5.41, 5.74) is 5.26. The van der Waals surface area contributed by atoms with Crippen molar-refractivity contribution in [2.24, 2.45) is 11.7 Å². The summed E-state index contributed by atoms with van der Waals surface area (Å²) in [4.78, 5) is 29.1. The number of hydrogen-bond acceptors (Lipinski definition) is 5. The van der Waals surface area contributed by atoms with Gasteiger partial charge in [-0.1, -0.05) is 19.0 Å². The Kier molecular flexibility index (Phi) is 5.35. The van der Waals surface area contributed by atoms with Gasteiger partial charge in [-0.25, -0.2) is 4.79 Å². The second kappa shape index (κ2) is 7.24. The summed E-state index contributed by atoms with van der Waals surface area (Å²) in [5.74, 6) is 1.15. The Hall–Kier alpha value is -2.12. The molecule has 1 fully saturated rings. The molecule has 3 N–H and O–H groups in total. The first-order valence-electron chi connectivity index (χ1n) is 7.62. The molecule has 1 saturated heterocycles. The van der Waals surface area contributed by atoms with Crippen LogP contribution in [-0.4, -0.2) is 46.6 Å². The van der Waals surface area contributed by atoms with Gasteiger partial charge in [-0.3, -0.25) is 4.79 Å². The second-order valence-electron chi connectivity index (χ2n) is 5.87. The summed E-state index contributed by atoms with van der Waals surface area (Å²) in [5, 5.41) is 6.73. The summed E-state index contributed by atoms with van der Waals surface area (Å²) < 4.78 is 5.12.